The lowest BCUT2D eigenvalue weighted by Gasteiger charge is -2.22. The SMILES string of the molecule is CC(C)N(C)C(=O)CNc1cccc(Cl)c1Br. The predicted molar refractivity (Wildman–Crippen MR) is 75.5 cm³/mol. The molecule has 0 bridgehead atoms. The van der Waals surface area contributed by atoms with Gasteiger partial charge in [0.2, 0.25) is 5.91 Å². The Morgan fingerprint density at radius 2 is 2.18 bits per heavy atom. The van der Waals surface area contributed by atoms with Gasteiger partial charge in [0.15, 0.2) is 0 Å². The Morgan fingerprint density at radius 3 is 2.76 bits per heavy atom. The van der Waals surface area contributed by atoms with Crippen molar-refractivity contribution in [2.75, 3.05) is 18.9 Å². The number of hydrogen-bond donors (Lipinski definition) is 1. The lowest BCUT2D eigenvalue weighted by molar-refractivity contribution is -0.129. The molecule has 0 saturated carbocycles. The zero-order chi connectivity index (χ0) is 13.0. The van der Waals surface area contributed by atoms with E-state index in [4.69, 9.17) is 11.6 Å². The summed E-state index contributed by atoms with van der Waals surface area (Å²) in [6, 6.07) is 5.70. The first-order valence-corrected chi connectivity index (χ1v) is 6.54. The van der Waals surface area contributed by atoms with Crippen LogP contribution >= 0.6 is 27.5 Å². The standard InChI is InChI=1S/C12H16BrClN2O/c1-8(2)16(3)11(17)7-15-10-6-4-5-9(14)12(10)13/h4-6,8,15H,7H2,1-3H3. The molecule has 94 valence electrons. The zero-order valence-corrected chi connectivity index (χ0v) is 12.5. The van der Waals surface area contributed by atoms with Crippen LogP contribution in [-0.2, 0) is 4.79 Å². The second-order valence-electron chi connectivity index (χ2n) is 4.05. The number of rotatable bonds is 4. The molecule has 0 aliphatic heterocycles. The summed E-state index contributed by atoms with van der Waals surface area (Å²) >= 11 is 9.34. The lowest BCUT2D eigenvalue weighted by atomic mass is 10.3. The van der Waals surface area contributed by atoms with Crippen molar-refractivity contribution in [3.05, 3.63) is 27.7 Å². The maximum absolute atomic E-state index is 11.8. The summed E-state index contributed by atoms with van der Waals surface area (Å²) in [4.78, 5) is 13.5. The van der Waals surface area contributed by atoms with Crippen molar-refractivity contribution in [1.29, 1.82) is 0 Å². The first kappa shape index (κ1) is 14.3. The topological polar surface area (TPSA) is 32.3 Å². The third-order valence-electron chi connectivity index (χ3n) is 2.55. The highest BCUT2D eigenvalue weighted by molar-refractivity contribution is 9.10. The maximum Gasteiger partial charge on any atom is 0.241 e. The molecule has 0 radical (unpaired) electrons. The van der Waals surface area contributed by atoms with Gasteiger partial charge in [-0.2, -0.15) is 0 Å². The number of carbonyl (C=O) groups is 1. The molecule has 0 saturated heterocycles. The second-order valence-corrected chi connectivity index (χ2v) is 5.25. The Bertz CT molecular complexity index is 409. The molecule has 1 aromatic carbocycles. The Balaban J connectivity index is 2.62. The number of halogens is 2. The number of hydrogen-bond acceptors (Lipinski definition) is 2. The second kappa shape index (κ2) is 6.26. The van der Waals surface area contributed by atoms with Crippen molar-refractivity contribution in [3.8, 4) is 0 Å². The minimum absolute atomic E-state index is 0.0480. The molecule has 0 spiro atoms. The average Bonchev–Trinajstić information content (AvgIpc) is 2.29. The van der Waals surface area contributed by atoms with Crippen molar-refractivity contribution >= 4 is 39.1 Å². The van der Waals surface area contributed by atoms with Crippen LogP contribution in [0.3, 0.4) is 0 Å². The van der Waals surface area contributed by atoms with Crippen molar-refractivity contribution in [2.24, 2.45) is 0 Å². The highest BCUT2D eigenvalue weighted by atomic mass is 79.9. The molecular weight excluding hydrogens is 304 g/mol. The van der Waals surface area contributed by atoms with Crippen LogP contribution in [0.4, 0.5) is 5.69 Å². The minimum Gasteiger partial charge on any atom is -0.375 e. The monoisotopic (exact) mass is 318 g/mol. The first-order chi connectivity index (χ1) is 7.93. The van der Waals surface area contributed by atoms with E-state index in [2.05, 4.69) is 21.2 Å². The summed E-state index contributed by atoms with van der Waals surface area (Å²) in [5, 5.41) is 3.69. The average molecular weight is 320 g/mol. The van der Waals surface area contributed by atoms with Gasteiger partial charge in [-0.1, -0.05) is 17.7 Å². The third kappa shape index (κ3) is 3.89. The Labute approximate surface area is 115 Å². The van der Waals surface area contributed by atoms with E-state index in [0.29, 0.717) is 5.02 Å². The fourth-order valence-corrected chi connectivity index (χ4v) is 1.80. The van der Waals surface area contributed by atoms with Crippen LogP contribution in [0.15, 0.2) is 22.7 Å². The van der Waals surface area contributed by atoms with E-state index >= 15 is 0 Å². The van der Waals surface area contributed by atoms with Crippen LogP contribution in [0.5, 0.6) is 0 Å². The van der Waals surface area contributed by atoms with Crippen LogP contribution in [0.1, 0.15) is 13.8 Å². The number of nitrogens with zero attached hydrogens (tertiary/aromatic N) is 1. The molecule has 5 heteroatoms. The molecule has 1 aromatic rings. The highest BCUT2D eigenvalue weighted by Crippen LogP contribution is 2.29. The fraction of sp³-hybridized carbons (Fsp3) is 0.417. The van der Waals surface area contributed by atoms with Gasteiger partial charge < -0.3 is 10.2 Å². The molecule has 3 nitrogen and oxygen atoms in total. The summed E-state index contributed by atoms with van der Waals surface area (Å²) in [6.07, 6.45) is 0. The summed E-state index contributed by atoms with van der Waals surface area (Å²) in [6.45, 7) is 4.22. The van der Waals surface area contributed by atoms with Gasteiger partial charge in [0.1, 0.15) is 0 Å². The summed E-state index contributed by atoms with van der Waals surface area (Å²) in [5.74, 6) is 0.0480. The summed E-state index contributed by atoms with van der Waals surface area (Å²) < 4.78 is 0.779. The molecule has 1 N–H and O–H groups in total. The largest absolute Gasteiger partial charge is 0.375 e. The van der Waals surface area contributed by atoms with E-state index in [1.807, 2.05) is 26.0 Å². The molecular formula is C12H16BrClN2O. The smallest absolute Gasteiger partial charge is 0.241 e. The molecule has 17 heavy (non-hydrogen) atoms. The normalized spacial score (nSPS) is 10.5. The van der Waals surface area contributed by atoms with Gasteiger partial charge in [-0.25, -0.2) is 0 Å². The van der Waals surface area contributed by atoms with E-state index in [9.17, 15) is 4.79 Å². The molecule has 0 aliphatic carbocycles. The van der Waals surface area contributed by atoms with Gasteiger partial charge >= 0.3 is 0 Å². The number of likely N-dealkylation sites (N-methyl/N-ethyl adjacent to an activating group) is 1. The van der Waals surface area contributed by atoms with E-state index in [0.717, 1.165) is 10.2 Å². The van der Waals surface area contributed by atoms with Gasteiger partial charge in [0.25, 0.3) is 0 Å². The van der Waals surface area contributed by atoms with Crippen molar-refractivity contribution < 1.29 is 4.79 Å². The highest BCUT2D eigenvalue weighted by Gasteiger charge is 2.12. The lowest BCUT2D eigenvalue weighted by Crippen LogP contribution is -2.37. The maximum atomic E-state index is 11.8. The molecule has 0 fully saturated rings. The molecule has 0 heterocycles. The number of anilines is 1. The third-order valence-corrected chi connectivity index (χ3v) is 3.95. The van der Waals surface area contributed by atoms with E-state index in [-0.39, 0.29) is 18.5 Å². The van der Waals surface area contributed by atoms with Crippen LogP contribution in [0, 0.1) is 0 Å². The van der Waals surface area contributed by atoms with E-state index in [1.54, 1.807) is 18.0 Å². The van der Waals surface area contributed by atoms with Crippen molar-refractivity contribution in [2.45, 2.75) is 19.9 Å². The molecule has 0 unspecified atom stereocenters. The van der Waals surface area contributed by atoms with E-state index in [1.165, 1.54) is 0 Å². The molecule has 0 atom stereocenters. The molecule has 0 aliphatic rings. The van der Waals surface area contributed by atoms with E-state index < -0.39 is 0 Å². The molecule has 1 amide bonds. The van der Waals surface area contributed by atoms with Gasteiger partial charge in [0.05, 0.1) is 21.7 Å². The number of benzene rings is 1. The summed E-state index contributed by atoms with van der Waals surface area (Å²) in [7, 11) is 1.79. The predicted octanol–water partition coefficient (Wildman–Crippen LogP) is 3.38. The van der Waals surface area contributed by atoms with Crippen molar-refractivity contribution in [3.63, 3.8) is 0 Å². The molecule has 1 rings (SSSR count). The van der Waals surface area contributed by atoms with Crippen LogP contribution in [-0.4, -0.2) is 30.4 Å². The minimum atomic E-state index is 0.0480. The Kier molecular flexibility index (Phi) is 5.28. The van der Waals surface area contributed by atoms with Crippen LogP contribution in [0.2, 0.25) is 5.02 Å². The molecule has 0 aromatic heterocycles. The summed E-state index contributed by atoms with van der Waals surface area (Å²) in [5.41, 5.74) is 0.822. The Hall–Kier alpha value is -0.740. The first-order valence-electron chi connectivity index (χ1n) is 5.37. The van der Waals surface area contributed by atoms with Gasteiger partial charge in [-0.05, 0) is 41.9 Å². The van der Waals surface area contributed by atoms with Gasteiger partial charge in [0, 0.05) is 13.1 Å². The van der Waals surface area contributed by atoms with Crippen LogP contribution in [0.25, 0.3) is 0 Å². The van der Waals surface area contributed by atoms with Crippen LogP contribution < -0.4 is 5.32 Å². The van der Waals surface area contributed by atoms with Gasteiger partial charge in [-0.3, -0.25) is 4.79 Å². The number of carbonyl (C=O) groups excluding carboxylic acids is 1. The number of amides is 1. The number of nitrogens with one attached hydrogen (secondary N) is 1. The zero-order valence-electron chi connectivity index (χ0n) is 10.1. The quantitative estimate of drug-likeness (QED) is 0.922. The fourth-order valence-electron chi connectivity index (χ4n) is 1.22. The Morgan fingerprint density at radius 1 is 1.53 bits per heavy atom. The van der Waals surface area contributed by atoms with Gasteiger partial charge in [-0.15, -0.1) is 0 Å². The van der Waals surface area contributed by atoms with Crippen molar-refractivity contribution in [1.82, 2.24) is 4.90 Å².